The van der Waals surface area contributed by atoms with Crippen molar-refractivity contribution in [2.45, 2.75) is 5.92 Å². The second-order valence-corrected chi connectivity index (χ2v) is 4.89. The number of fused-ring (bicyclic) bond motifs is 1. The van der Waals surface area contributed by atoms with E-state index in [2.05, 4.69) is 22.4 Å². The molecule has 0 aromatic heterocycles. The lowest BCUT2D eigenvalue weighted by Gasteiger charge is -2.29. The number of piperazine rings is 1. The number of hydrogen-bond donors (Lipinski definition) is 1. The van der Waals surface area contributed by atoms with E-state index in [9.17, 15) is 0 Å². The van der Waals surface area contributed by atoms with Crippen molar-refractivity contribution in [3.05, 3.63) is 29.3 Å². The van der Waals surface area contributed by atoms with Crippen LogP contribution in [0.2, 0.25) is 0 Å². The van der Waals surface area contributed by atoms with Gasteiger partial charge >= 0.3 is 0 Å². The molecule has 0 saturated carbocycles. The van der Waals surface area contributed by atoms with Crippen molar-refractivity contribution in [3.63, 3.8) is 0 Å². The fourth-order valence-electron chi connectivity index (χ4n) is 2.76. The quantitative estimate of drug-likeness (QED) is 0.840. The lowest BCUT2D eigenvalue weighted by molar-refractivity contribution is 0.211. The monoisotopic (exact) mass is 243 g/mol. The molecule has 0 bridgehead atoms. The highest BCUT2D eigenvalue weighted by molar-refractivity contribution is 5.52. The number of para-hydroxylation sites is 1. The molecule has 4 nitrogen and oxygen atoms in total. The second kappa shape index (κ2) is 4.97. The van der Waals surface area contributed by atoms with Gasteiger partial charge in [0.15, 0.2) is 0 Å². The Hall–Kier alpha value is -1.57. The molecule has 1 fully saturated rings. The minimum atomic E-state index is 0.409. The first kappa shape index (κ1) is 11.5. The summed E-state index contributed by atoms with van der Waals surface area (Å²) in [5.41, 5.74) is 1.86. The number of nitrogens with zero attached hydrogens (tertiary/aromatic N) is 2. The number of benzene rings is 1. The molecule has 2 heterocycles. The van der Waals surface area contributed by atoms with Crippen LogP contribution < -0.4 is 10.1 Å². The van der Waals surface area contributed by atoms with Gasteiger partial charge in [0, 0.05) is 44.2 Å². The average Bonchev–Trinajstić information content (AvgIpc) is 2.83. The predicted octanol–water partition coefficient (Wildman–Crippen LogP) is 0.939. The van der Waals surface area contributed by atoms with Gasteiger partial charge in [-0.05, 0) is 6.07 Å². The van der Waals surface area contributed by atoms with Crippen LogP contribution in [0.15, 0.2) is 18.2 Å². The lowest BCUT2D eigenvalue weighted by atomic mass is 9.98. The van der Waals surface area contributed by atoms with Gasteiger partial charge in [0.1, 0.15) is 11.8 Å². The van der Waals surface area contributed by atoms with Gasteiger partial charge in [0.25, 0.3) is 0 Å². The van der Waals surface area contributed by atoms with Gasteiger partial charge in [-0.25, -0.2) is 0 Å². The van der Waals surface area contributed by atoms with Crippen LogP contribution in [-0.2, 0) is 0 Å². The number of hydrogen-bond acceptors (Lipinski definition) is 4. The van der Waals surface area contributed by atoms with E-state index in [1.54, 1.807) is 0 Å². The summed E-state index contributed by atoms with van der Waals surface area (Å²) in [5, 5.41) is 12.4. The number of nitriles is 1. The fraction of sp³-hybridized carbons (Fsp3) is 0.500. The Morgan fingerprint density at radius 2 is 2.22 bits per heavy atom. The highest BCUT2D eigenvalue weighted by atomic mass is 16.5. The van der Waals surface area contributed by atoms with Crippen LogP contribution in [0.1, 0.15) is 17.0 Å². The van der Waals surface area contributed by atoms with E-state index in [1.807, 2.05) is 12.1 Å². The molecule has 3 rings (SSSR count). The van der Waals surface area contributed by atoms with Crippen molar-refractivity contribution in [1.82, 2.24) is 10.2 Å². The molecule has 1 aromatic rings. The molecule has 1 atom stereocenters. The Labute approximate surface area is 107 Å². The Balaban J connectivity index is 1.76. The van der Waals surface area contributed by atoms with Crippen molar-refractivity contribution in [2.75, 3.05) is 39.3 Å². The first-order valence-electron chi connectivity index (χ1n) is 6.47. The Morgan fingerprint density at radius 3 is 3.00 bits per heavy atom. The van der Waals surface area contributed by atoms with Crippen molar-refractivity contribution >= 4 is 0 Å². The minimum Gasteiger partial charge on any atom is -0.491 e. The van der Waals surface area contributed by atoms with Crippen molar-refractivity contribution < 1.29 is 4.74 Å². The van der Waals surface area contributed by atoms with Crippen LogP contribution in [0.3, 0.4) is 0 Å². The molecule has 0 radical (unpaired) electrons. The van der Waals surface area contributed by atoms with Crippen LogP contribution in [-0.4, -0.2) is 44.2 Å². The van der Waals surface area contributed by atoms with Crippen LogP contribution in [0.25, 0.3) is 0 Å². The van der Waals surface area contributed by atoms with E-state index in [-0.39, 0.29) is 0 Å². The normalized spacial score (nSPS) is 23.2. The van der Waals surface area contributed by atoms with E-state index in [1.165, 1.54) is 5.56 Å². The Bertz CT molecular complexity index is 474. The first-order chi connectivity index (χ1) is 8.88. The average molecular weight is 243 g/mol. The molecule has 4 heteroatoms. The maximum atomic E-state index is 9.06. The molecule has 0 spiro atoms. The van der Waals surface area contributed by atoms with Crippen LogP contribution in [0, 0.1) is 11.3 Å². The summed E-state index contributed by atoms with van der Waals surface area (Å²) < 4.78 is 5.71. The van der Waals surface area contributed by atoms with Gasteiger partial charge in [-0.2, -0.15) is 5.26 Å². The molecule has 1 saturated heterocycles. The third kappa shape index (κ3) is 2.07. The molecule has 1 unspecified atom stereocenters. The zero-order valence-corrected chi connectivity index (χ0v) is 10.4. The molecule has 0 aliphatic carbocycles. The van der Waals surface area contributed by atoms with Gasteiger partial charge in [-0.15, -0.1) is 0 Å². The van der Waals surface area contributed by atoms with Gasteiger partial charge in [0.2, 0.25) is 0 Å². The van der Waals surface area contributed by atoms with E-state index in [0.717, 1.165) is 38.5 Å². The van der Waals surface area contributed by atoms with E-state index >= 15 is 0 Å². The van der Waals surface area contributed by atoms with Gasteiger partial charge in [0.05, 0.1) is 12.2 Å². The molecule has 1 aromatic carbocycles. The van der Waals surface area contributed by atoms with Crippen molar-refractivity contribution in [2.24, 2.45) is 0 Å². The number of ether oxygens (including phenoxy) is 1. The van der Waals surface area contributed by atoms with E-state index in [0.29, 0.717) is 18.1 Å². The molecule has 18 heavy (non-hydrogen) atoms. The molecule has 94 valence electrons. The maximum absolute atomic E-state index is 9.06. The van der Waals surface area contributed by atoms with Gasteiger partial charge in [-0.1, -0.05) is 12.1 Å². The molecule has 0 amide bonds. The Morgan fingerprint density at radius 1 is 1.39 bits per heavy atom. The van der Waals surface area contributed by atoms with Crippen molar-refractivity contribution in [1.29, 1.82) is 5.26 Å². The number of nitrogens with one attached hydrogen (secondary N) is 1. The van der Waals surface area contributed by atoms with E-state index in [4.69, 9.17) is 10.00 Å². The molecule has 1 N–H and O–H groups in total. The Kier molecular flexibility index (Phi) is 3.18. The largest absolute Gasteiger partial charge is 0.491 e. The zero-order valence-electron chi connectivity index (χ0n) is 10.4. The highest BCUT2D eigenvalue weighted by Crippen LogP contribution is 2.36. The van der Waals surface area contributed by atoms with Crippen LogP contribution in [0.4, 0.5) is 0 Å². The third-order valence-electron chi connectivity index (χ3n) is 3.72. The van der Waals surface area contributed by atoms with Gasteiger partial charge < -0.3 is 15.0 Å². The fourth-order valence-corrected chi connectivity index (χ4v) is 2.76. The predicted molar refractivity (Wildman–Crippen MR) is 68.7 cm³/mol. The number of rotatable bonds is 2. The molecular formula is C14H17N3O. The first-order valence-corrected chi connectivity index (χ1v) is 6.47. The SMILES string of the molecule is N#Cc1cccc2c1OCC2CN1CCNCC1. The van der Waals surface area contributed by atoms with Crippen LogP contribution in [0.5, 0.6) is 5.75 Å². The highest BCUT2D eigenvalue weighted by Gasteiger charge is 2.28. The molecular weight excluding hydrogens is 226 g/mol. The standard InChI is InChI=1S/C14H17N3O/c15-8-11-2-1-3-13-12(10-18-14(11)13)9-17-6-4-16-5-7-17/h1-3,12,16H,4-7,9-10H2. The summed E-state index contributed by atoms with van der Waals surface area (Å²) in [7, 11) is 0. The summed E-state index contributed by atoms with van der Waals surface area (Å²) in [5.74, 6) is 1.21. The summed E-state index contributed by atoms with van der Waals surface area (Å²) in [6.07, 6.45) is 0. The smallest absolute Gasteiger partial charge is 0.140 e. The zero-order chi connectivity index (χ0) is 12.4. The summed E-state index contributed by atoms with van der Waals surface area (Å²) in [4.78, 5) is 2.47. The summed E-state index contributed by atoms with van der Waals surface area (Å²) in [6.45, 7) is 6.08. The topological polar surface area (TPSA) is 48.3 Å². The minimum absolute atomic E-state index is 0.409. The van der Waals surface area contributed by atoms with Gasteiger partial charge in [-0.3, -0.25) is 0 Å². The van der Waals surface area contributed by atoms with E-state index < -0.39 is 0 Å². The van der Waals surface area contributed by atoms with Crippen LogP contribution >= 0.6 is 0 Å². The summed E-state index contributed by atoms with van der Waals surface area (Å²) in [6, 6.07) is 8.08. The molecule has 2 aliphatic heterocycles. The second-order valence-electron chi connectivity index (χ2n) is 4.89. The molecule has 2 aliphatic rings. The summed E-state index contributed by atoms with van der Waals surface area (Å²) >= 11 is 0. The third-order valence-corrected chi connectivity index (χ3v) is 3.72. The lowest BCUT2D eigenvalue weighted by Crippen LogP contribution is -2.45. The van der Waals surface area contributed by atoms with Crippen molar-refractivity contribution in [3.8, 4) is 11.8 Å². The maximum Gasteiger partial charge on any atom is 0.140 e.